The van der Waals surface area contributed by atoms with E-state index in [4.69, 9.17) is 10.8 Å². The second-order valence-electron chi connectivity index (χ2n) is 3.22. The number of aliphatic hydroxyl groups excluding tert-OH is 1. The Bertz CT molecular complexity index is 252. The van der Waals surface area contributed by atoms with Crippen molar-refractivity contribution in [3.8, 4) is 0 Å². The fourth-order valence-electron chi connectivity index (χ4n) is 0.929. The van der Waals surface area contributed by atoms with E-state index in [-0.39, 0.29) is 0 Å². The van der Waals surface area contributed by atoms with Crippen molar-refractivity contribution in [2.45, 2.75) is 31.5 Å². The maximum absolute atomic E-state index is 11.3. The summed E-state index contributed by atoms with van der Waals surface area (Å²) in [6.45, 7) is 4.91. The van der Waals surface area contributed by atoms with Gasteiger partial charge >= 0.3 is 5.97 Å². The number of carboxylic acid groups (broad SMARTS) is 1. The summed E-state index contributed by atoms with van der Waals surface area (Å²) in [6.07, 6.45) is 0.106. The van der Waals surface area contributed by atoms with Gasteiger partial charge in [-0.2, -0.15) is 0 Å². The van der Waals surface area contributed by atoms with E-state index < -0.39 is 36.5 Å². The Morgan fingerprint density at radius 1 is 1.60 bits per heavy atom. The van der Waals surface area contributed by atoms with Crippen LogP contribution < -0.4 is 11.1 Å². The van der Waals surface area contributed by atoms with Crippen LogP contribution in [-0.2, 0) is 9.59 Å². The number of nitrogens with one attached hydrogen (secondary N) is 1. The van der Waals surface area contributed by atoms with Crippen LogP contribution >= 0.6 is 0 Å². The monoisotopic (exact) mass is 216 g/mol. The van der Waals surface area contributed by atoms with E-state index in [0.29, 0.717) is 0 Å². The number of aliphatic carboxylic acids is 1. The number of hydrogen-bond donors (Lipinski definition) is 4. The van der Waals surface area contributed by atoms with E-state index in [0.717, 1.165) is 0 Å². The molecule has 86 valence electrons. The van der Waals surface area contributed by atoms with Gasteiger partial charge in [-0.15, -0.1) is 6.58 Å². The van der Waals surface area contributed by atoms with Gasteiger partial charge in [0.05, 0.1) is 24.6 Å². The van der Waals surface area contributed by atoms with E-state index in [1.165, 1.54) is 13.0 Å². The first kappa shape index (κ1) is 13.6. The Hall–Kier alpha value is -1.40. The number of nitrogens with two attached hydrogens (primary N) is 1. The van der Waals surface area contributed by atoms with E-state index in [1.807, 2.05) is 0 Å². The summed E-state index contributed by atoms with van der Waals surface area (Å²) < 4.78 is 0. The van der Waals surface area contributed by atoms with Gasteiger partial charge in [0.25, 0.3) is 0 Å². The second-order valence-corrected chi connectivity index (χ2v) is 3.22. The lowest BCUT2D eigenvalue weighted by Gasteiger charge is -2.19. The molecule has 0 aromatic carbocycles. The minimum atomic E-state index is -1.15. The molecule has 0 rings (SSSR count). The summed E-state index contributed by atoms with van der Waals surface area (Å²) in [5, 5.41) is 20.0. The number of aliphatic hydroxyl groups is 1. The number of carbonyl (C=O) groups excluding carboxylic acids is 1. The molecule has 5 N–H and O–H groups in total. The number of carboxylic acids is 1. The largest absolute Gasteiger partial charge is 0.481 e. The molecule has 0 aliphatic heterocycles. The fraction of sp³-hybridized carbons (Fsp3) is 0.556. The standard InChI is InChI=1S/C9H16N2O4/c1-3-7(5(2)12)11-9(15)6(10)4-8(13)14/h3,5-7,12H,1,4,10H2,2H3,(H,11,15)(H,13,14)/t5?,6?,7-/m0/s1. The average molecular weight is 216 g/mol. The van der Waals surface area contributed by atoms with Gasteiger partial charge in [0.15, 0.2) is 0 Å². The molecule has 0 fully saturated rings. The van der Waals surface area contributed by atoms with Gasteiger partial charge in [-0.25, -0.2) is 0 Å². The first-order chi connectivity index (χ1) is 6.88. The van der Waals surface area contributed by atoms with Crippen LogP contribution in [0.25, 0.3) is 0 Å². The first-order valence-corrected chi connectivity index (χ1v) is 4.46. The van der Waals surface area contributed by atoms with Crippen LogP contribution in [-0.4, -0.2) is 40.3 Å². The third kappa shape index (κ3) is 5.14. The third-order valence-electron chi connectivity index (χ3n) is 1.81. The zero-order chi connectivity index (χ0) is 12.0. The average Bonchev–Trinajstić information content (AvgIpc) is 2.11. The van der Waals surface area contributed by atoms with Crippen LogP contribution in [0.2, 0.25) is 0 Å². The molecule has 2 unspecified atom stereocenters. The van der Waals surface area contributed by atoms with Crippen LogP contribution in [0.5, 0.6) is 0 Å². The molecule has 0 aromatic rings. The smallest absolute Gasteiger partial charge is 0.305 e. The van der Waals surface area contributed by atoms with Crippen LogP contribution in [0.1, 0.15) is 13.3 Å². The van der Waals surface area contributed by atoms with Crippen molar-refractivity contribution < 1.29 is 19.8 Å². The quantitative estimate of drug-likeness (QED) is 0.418. The topological polar surface area (TPSA) is 113 Å². The van der Waals surface area contributed by atoms with E-state index in [1.54, 1.807) is 0 Å². The Labute approximate surface area is 87.8 Å². The SMILES string of the molecule is C=C[C@H](NC(=O)C(N)CC(=O)O)C(C)O. The molecular formula is C9H16N2O4. The highest BCUT2D eigenvalue weighted by Gasteiger charge is 2.20. The molecule has 0 bridgehead atoms. The van der Waals surface area contributed by atoms with E-state index >= 15 is 0 Å². The predicted molar refractivity (Wildman–Crippen MR) is 54.0 cm³/mol. The van der Waals surface area contributed by atoms with Gasteiger partial charge in [0.1, 0.15) is 0 Å². The van der Waals surface area contributed by atoms with Gasteiger partial charge < -0.3 is 21.3 Å². The van der Waals surface area contributed by atoms with Gasteiger partial charge in [-0.3, -0.25) is 9.59 Å². The summed E-state index contributed by atoms with van der Waals surface area (Å²) in [5.74, 6) is -1.77. The highest BCUT2D eigenvalue weighted by atomic mass is 16.4. The lowest BCUT2D eigenvalue weighted by Crippen LogP contribution is -2.48. The van der Waals surface area contributed by atoms with Crippen LogP contribution in [0.15, 0.2) is 12.7 Å². The molecule has 0 saturated carbocycles. The van der Waals surface area contributed by atoms with Gasteiger partial charge in [0.2, 0.25) is 5.91 Å². The zero-order valence-corrected chi connectivity index (χ0v) is 8.51. The van der Waals surface area contributed by atoms with Crippen LogP contribution in [0, 0.1) is 0 Å². The minimum Gasteiger partial charge on any atom is -0.481 e. The van der Waals surface area contributed by atoms with E-state index in [9.17, 15) is 14.7 Å². The third-order valence-corrected chi connectivity index (χ3v) is 1.81. The molecule has 0 aliphatic carbocycles. The molecule has 6 nitrogen and oxygen atoms in total. The lowest BCUT2D eigenvalue weighted by atomic mass is 10.1. The van der Waals surface area contributed by atoms with Gasteiger partial charge in [-0.1, -0.05) is 6.08 Å². The Morgan fingerprint density at radius 2 is 2.13 bits per heavy atom. The van der Waals surface area contributed by atoms with Crippen molar-refractivity contribution in [3.63, 3.8) is 0 Å². The van der Waals surface area contributed by atoms with Crippen molar-refractivity contribution in [1.82, 2.24) is 5.32 Å². The predicted octanol–water partition coefficient (Wildman–Crippen LogP) is -1.16. The molecule has 0 aromatic heterocycles. The maximum atomic E-state index is 11.3. The zero-order valence-electron chi connectivity index (χ0n) is 8.51. The highest BCUT2D eigenvalue weighted by Crippen LogP contribution is 1.96. The number of carbonyl (C=O) groups is 2. The second kappa shape index (κ2) is 6.15. The van der Waals surface area contributed by atoms with Crippen LogP contribution in [0.4, 0.5) is 0 Å². The van der Waals surface area contributed by atoms with Crippen LogP contribution in [0.3, 0.4) is 0 Å². The van der Waals surface area contributed by atoms with Crippen molar-refractivity contribution in [2.24, 2.45) is 5.73 Å². The molecular weight excluding hydrogens is 200 g/mol. The molecule has 1 amide bonds. The van der Waals surface area contributed by atoms with Gasteiger partial charge in [0, 0.05) is 0 Å². The molecule has 6 heteroatoms. The lowest BCUT2D eigenvalue weighted by molar-refractivity contribution is -0.139. The summed E-state index contributed by atoms with van der Waals surface area (Å²) in [6, 6.07) is -1.75. The summed E-state index contributed by atoms with van der Waals surface area (Å²) in [7, 11) is 0. The summed E-state index contributed by atoms with van der Waals surface area (Å²) in [4.78, 5) is 21.6. The molecule has 0 heterocycles. The normalized spacial score (nSPS) is 16.2. The molecule has 0 radical (unpaired) electrons. The number of amides is 1. The molecule has 3 atom stereocenters. The number of hydrogen-bond acceptors (Lipinski definition) is 4. The Morgan fingerprint density at radius 3 is 2.47 bits per heavy atom. The summed E-state index contributed by atoms with van der Waals surface area (Å²) in [5.41, 5.74) is 5.31. The fourth-order valence-corrected chi connectivity index (χ4v) is 0.929. The number of rotatable bonds is 6. The van der Waals surface area contributed by atoms with Crippen molar-refractivity contribution in [2.75, 3.05) is 0 Å². The Balaban J connectivity index is 4.21. The van der Waals surface area contributed by atoms with Crippen molar-refractivity contribution >= 4 is 11.9 Å². The molecule has 0 saturated heterocycles. The Kier molecular flexibility index (Phi) is 5.58. The summed E-state index contributed by atoms with van der Waals surface area (Å²) >= 11 is 0. The maximum Gasteiger partial charge on any atom is 0.305 e. The highest BCUT2D eigenvalue weighted by molar-refractivity contribution is 5.86. The molecule has 15 heavy (non-hydrogen) atoms. The van der Waals surface area contributed by atoms with Crippen molar-refractivity contribution in [3.05, 3.63) is 12.7 Å². The van der Waals surface area contributed by atoms with Gasteiger partial charge in [-0.05, 0) is 6.92 Å². The molecule has 0 aliphatic rings. The molecule has 0 spiro atoms. The first-order valence-electron chi connectivity index (χ1n) is 4.46. The minimum absolute atomic E-state index is 0.449. The van der Waals surface area contributed by atoms with Crippen molar-refractivity contribution in [1.29, 1.82) is 0 Å². The van der Waals surface area contributed by atoms with E-state index in [2.05, 4.69) is 11.9 Å².